The van der Waals surface area contributed by atoms with Gasteiger partial charge in [-0.15, -0.1) is 11.3 Å². The molecule has 2 amide bonds. The van der Waals surface area contributed by atoms with E-state index in [0.717, 1.165) is 16.5 Å². The second-order valence-electron chi connectivity index (χ2n) is 5.55. The Morgan fingerprint density at radius 3 is 2.65 bits per heavy atom. The molecule has 2 N–H and O–H groups in total. The number of rotatable bonds is 4. The summed E-state index contributed by atoms with van der Waals surface area (Å²) in [6.45, 7) is 6.28. The van der Waals surface area contributed by atoms with Gasteiger partial charge in [-0.2, -0.15) is 0 Å². The molecule has 20 heavy (non-hydrogen) atoms. The fourth-order valence-corrected chi connectivity index (χ4v) is 2.36. The molecule has 0 fully saturated rings. The van der Waals surface area contributed by atoms with Crippen molar-refractivity contribution in [1.29, 1.82) is 0 Å². The number of aliphatic carboxylic acids is 1. The zero-order valence-corrected chi connectivity index (χ0v) is 13.0. The summed E-state index contributed by atoms with van der Waals surface area (Å²) in [4.78, 5) is 24.9. The number of nitrogens with one attached hydrogen (secondary N) is 1. The van der Waals surface area contributed by atoms with Crippen LogP contribution in [0.4, 0.5) is 4.79 Å². The van der Waals surface area contributed by atoms with Crippen LogP contribution in [-0.4, -0.2) is 34.6 Å². The highest BCUT2D eigenvalue weighted by Gasteiger charge is 2.17. The first-order chi connectivity index (χ1) is 9.17. The van der Waals surface area contributed by atoms with Gasteiger partial charge in [-0.3, -0.25) is 0 Å². The Bertz CT molecular complexity index is 515. The summed E-state index contributed by atoms with van der Waals surface area (Å²) < 4.78 is 0. The molecule has 0 aliphatic rings. The van der Waals surface area contributed by atoms with Gasteiger partial charge in [-0.1, -0.05) is 0 Å². The highest BCUT2D eigenvalue weighted by atomic mass is 32.1. The molecule has 0 saturated carbocycles. The van der Waals surface area contributed by atoms with E-state index in [1.165, 1.54) is 17.4 Å². The molecule has 0 spiro atoms. The molecule has 1 aromatic rings. The number of carboxylic acids is 1. The fourth-order valence-electron chi connectivity index (χ4n) is 1.46. The Hall–Kier alpha value is -1.82. The molecule has 0 saturated heterocycles. The molecule has 0 aliphatic carbocycles. The molecule has 0 atom stereocenters. The van der Waals surface area contributed by atoms with Gasteiger partial charge in [-0.25, -0.2) is 9.59 Å². The maximum absolute atomic E-state index is 11.9. The maximum atomic E-state index is 11.9. The summed E-state index contributed by atoms with van der Waals surface area (Å²) in [5.41, 5.74) is 0.563. The van der Waals surface area contributed by atoms with Gasteiger partial charge in [0.25, 0.3) is 0 Å². The predicted molar refractivity (Wildman–Crippen MR) is 80.7 cm³/mol. The second kappa shape index (κ2) is 6.56. The van der Waals surface area contributed by atoms with E-state index in [4.69, 9.17) is 5.11 Å². The summed E-state index contributed by atoms with van der Waals surface area (Å²) in [6.07, 6.45) is 2.64. The number of hydrogen-bond acceptors (Lipinski definition) is 3. The van der Waals surface area contributed by atoms with Crippen LogP contribution in [0.25, 0.3) is 6.08 Å². The Labute approximate surface area is 122 Å². The van der Waals surface area contributed by atoms with E-state index in [1.54, 1.807) is 11.9 Å². The van der Waals surface area contributed by atoms with Crippen molar-refractivity contribution in [2.45, 2.75) is 32.9 Å². The van der Waals surface area contributed by atoms with E-state index in [-0.39, 0.29) is 11.6 Å². The van der Waals surface area contributed by atoms with Crippen LogP contribution >= 0.6 is 11.3 Å². The van der Waals surface area contributed by atoms with Gasteiger partial charge in [-0.05, 0) is 43.9 Å². The number of amides is 2. The van der Waals surface area contributed by atoms with E-state index >= 15 is 0 Å². The van der Waals surface area contributed by atoms with Crippen molar-refractivity contribution >= 4 is 29.4 Å². The molecule has 5 nitrogen and oxygen atoms in total. The van der Waals surface area contributed by atoms with Crippen LogP contribution in [0.3, 0.4) is 0 Å². The van der Waals surface area contributed by atoms with Gasteiger partial charge in [0.15, 0.2) is 0 Å². The number of hydrogen-bond donors (Lipinski definition) is 2. The first-order valence-electron chi connectivity index (χ1n) is 6.19. The summed E-state index contributed by atoms with van der Waals surface area (Å²) in [6, 6.07) is 1.75. The summed E-state index contributed by atoms with van der Waals surface area (Å²) in [7, 11) is 1.73. The number of carboxylic acid groups (broad SMARTS) is 1. The van der Waals surface area contributed by atoms with Crippen molar-refractivity contribution in [2.24, 2.45) is 0 Å². The van der Waals surface area contributed by atoms with Crippen LogP contribution < -0.4 is 5.32 Å². The minimum atomic E-state index is -0.973. The van der Waals surface area contributed by atoms with Gasteiger partial charge in [0.05, 0.1) is 6.54 Å². The van der Waals surface area contributed by atoms with Gasteiger partial charge < -0.3 is 15.3 Å². The maximum Gasteiger partial charge on any atom is 0.328 e. The fraction of sp³-hybridized carbons (Fsp3) is 0.429. The zero-order chi connectivity index (χ0) is 15.3. The molecule has 1 heterocycles. The van der Waals surface area contributed by atoms with Crippen molar-refractivity contribution in [2.75, 3.05) is 7.05 Å². The highest BCUT2D eigenvalue weighted by molar-refractivity contribution is 7.10. The molecular formula is C14H20N2O3S. The number of urea groups is 1. The van der Waals surface area contributed by atoms with Crippen LogP contribution in [0.2, 0.25) is 0 Å². The highest BCUT2D eigenvalue weighted by Crippen LogP contribution is 2.17. The second-order valence-corrected chi connectivity index (χ2v) is 6.55. The quantitative estimate of drug-likeness (QED) is 0.839. The van der Waals surface area contributed by atoms with Crippen molar-refractivity contribution in [3.05, 3.63) is 28.0 Å². The third-order valence-electron chi connectivity index (χ3n) is 2.31. The molecule has 1 rings (SSSR count). The van der Waals surface area contributed by atoms with Gasteiger partial charge in [0, 0.05) is 23.5 Å². The summed E-state index contributed by atoms with van der Waals surface area (Å²) in [5, 5.41) is 13.3. The van der Waals surface area contributed by atoms with Gasteiger partial charge >= 0.3 is 12.0 Å². The summed E-state index contributed by atoms with van der Waals surface area (Å²) in [5.74, 6) is -0.973. The molecule has 0 aromatic carbocycles. The van der Waals surface area contributed by atoms with Crippen molar-refractivity contribution in [3.8, 4) is 0 Å². The third kappa shape index (κ3) is 5.88. The van der Waals surface area contributed by atoms with Crippen molar-refractivity contribution in [3.63, 3.8) is 0 Å². The van der Waals surface area contributed by atoms with Crippen LogP contribution in [0.15, 0.2) is 17.5 Å². The van der Waals surface area contributed by atoms with E-state index in [1.807, 2.05) is 32.2 Å². The lowest BCUT2D eigenvalue weighted by Crippen LogP contribution is -2.46. The molecule has 6 heteroatoms. The standard InChI is InChI=1S/C14H20N2O3S/c1-14(2,3)15-13(19)16(4)8-11-7-10(9-20-11)5-6-12(17)18/h5-7,9H,8H2,1-4H3,(H,15,19)(H,17,18). The molecule has 0 bridgehead atoms. The Morgan fingerprint density at radius 2 is 2.10 bits per heavy atom. The van der Waals surface area contributed by atoms with Crippen LogP contribution in [-0.2, 0) is 11.3 Å². The predicted octanol–water partition coefficient (Wildman–Crippen LogP) is 2.79. The Morgan fingerprint density at radius 1 is 1.45 bits per heavy atom. The topological polar surface area (TPSA) is 69.6 Å². The lowest BCUT2D eigenvalue weighted by atomic mass is 10.1. The van der Waals surface area contributed by atoms with Gasteiger partial charge in [0.2, 0.25) is 0 Å². The number of carbonyl (C=O) groups is 2. The van der Waals surface area contributed by atoms with Gasteiger partial charge in [0.1, 0.15) is 0 Å². The Balaban J connectivity index is 2.60. The van der Waals surface area contributed by atoms with E-state index in [9.17, 15) is 9.59 Å². The summed E-state index contributed by atoms with van der Waals surface area (Å²) >= 11 is 1.50. The molecule has 0 unspecified atom stereocenters. The van der Waals surface area contributed by atoms with E-state index < -0.39 is 5.97 Å². The van der Waals surface area contributed by atoms with Crippen LogP contribution in [0.1, 0.15) is 31.2 Å². The first kappa shape index (κ1) is 16.2. The first-order valence-corrected chi connectivity index (χ1v) is 7.07. The molecule has 110 valence electrons. The van der Waals surface area contributed by atoms with Crippen LogP contribution in [0, 0.1) is 0 Å². The average Bonchev–Trinajstić information content (AvgIpc) is 2.71. The SMILES string of the molecule is CN(Cc1cc(C=CC(=O)O)cs1)C(=O)NC(C)(C)C. The zero-order valence-electron chi connectivity index (χ0n) is 12.1. The minimum Gasteiger partial charge on any atom is -0.478 e. The minimum absolute atomic E-state index is 0.131. The molecular weight excluding hydrogens is 276 g/mol. The smallest absolute Gasteiger partial charge is 0.328 e. The van der Waals surface area contributed by atoms with E-state index in [0.29, 0.717) is 6.54 Å². The number of carbonyl (C=O) groups excluding carboxylic acids is 1. The molecule has 1 aromatic heterocycles. The lowest BCUT2D eigenvalue weighted by molar-refractivity contribution is -0.131. The monoisotopic (exact) mass is 296 g/mol. The Kier molecular flexibility index (Phi) is 5.33. The molecule has 0 aliphatic heterocycles. The number of nitrogens with zero attached hydrogens (tertiary/aromatic N) is 1. The van der Waals surface area contributed by atoms with Crippen molar-refractivity contribution in [1.82, 2.24) is 10.2 Å². The largest absolute Gasteiger partial charge is 0.478 e. The number of thiophene rings is 1. The lowest BCUT2D eigenvalue weighted by Gasteiger charge is -2.25. The normalized spacial score (nSPS) is 11.6. The van der Waals surface area contributed by atoms with Crippen LogP contribution in [0.5, 0.6) is 0 Å². The average molecular weight is 296 g/mol. The molecule has 0 radical (unpaired) electrons. The third-order valence-corrected chi connectivity index (χ3v) is 3.25. The van der Waals surface area contributed by atoms with Crippen molar-refractivity contribution < 1.29 is 14.7 Å². The van der Waals surface area contributed by atoms with E-state index in [2.05, 4.69) is 5.32 Å².